The average Bonchev–Trinajstić information content (AvgIpc) is 2.70. The van der Waals surface area contributed by atoms with Crippen LogP contribution in [0, 0.1) is 0 Å². The van der Waals surface area contributed by atoms with Gasteiger partial charge in [-0.2, -0.15) is 0 Å². The van der Waals surface area contributed by atoms with Gasteiger partial charge in [-0.25, -0.2) is 0 Å². The van der Waals surface area contributed by atoms with Crippen LogP contribution in [0.25, 0.3) is 6.08 Å². The molecule has 1 aromatic rings. The molecule has 4 heteroatoms. The van der Waals surface area contributed by atoms with Gasteiger partial charge < -0.3 is 10.4 Å². The van der Waals surface area contributed by atoms with Gasteiger partial charge in [0.25, 0.3) is 0 Å². The number of aliphatic hydroxyl groups excluding tert-OH is 1. The number of aliphatic hydroxyl groups is 1. The number of carbonyl (C=O) groups is 1. The van der Waals surface area contributed by atoms with E-state index < -0.39 is 0 Å². The fourth-order valence-corrected chi connectivity index (χ4v) is 1.75. The van der Waals surface area contributed by atoms with E-state index in [0.717, 1.165) is 4.88 Å². The zero-order valence-corrected chi connectivity index (χ0v) is 9.67. The summed E-state index contributed by atoms with van der Waals surface area (Å²) in [6.07, 6.45) is 1.84. The first-order chi connectivity index (χ1) is 7.13. The Morgan fingerprint density at radius 1 is 1.73 bits per heavy atom. The maximum absolute atomic E-state index is 11.6. The lowest BCUT2D eigenvalue weighted by atomic mass is 10.2. The number of thiophene rings is 1. The summed E-state index contributed by atoms with van der Waals surface area (Å²) in [5.74, 6) is -0.134. The van der Waals surface area contributed by atoms with Gasteiger partial charge in [0.2, 0.25) is 5.91 Å². The van der Waals surface area contributed by atoms with Gasteiger partial charge in [0.1, 0.15) is 0 Å². The molecule has 0 saturated heterocycles. The standard InChI is InChI=1S/C11H15NO2S/c1-8(6-10-4-3-5-15-10)11(14)12-9(2)7-13/h3-6,9,13H,7H2,1-2H3,(H,12,14)/b8-6+/t9-/m0/s1. The molecule has 15 heavy (non-hydrogen) atoms. The summed E-state index contributed by atoms with van der Waals surface area (Å²) < 4.78 is 0. The number of amides is 1. The summed E-state index contributed by atoms with van der Waals surface area (Å²) in [6.45, 7) is 3.48. The lowest BCUT2D eigenvalue weighted by molar-refractivity contribution is -0.118. The highest BCUT2D eigenvalue weighted by Gasteiger charge is 2.07. The number of hydrogen-bond donors (Lipinski definition) is 2. The second kappa shape index (κ2) is 5.68. The van der Waals surface area contributed by atoms with Crippen molar-refractivity contribution in [2.75, 3.05) is 6.61 Å². The van der Waals surface area contributed by atoms with Gasteiger partial charge in [0.15, 0.2) is 0 Å². The molecule has 3 nitrogen and oxygen atoms in total. The molecule has 0 aliphatic heterocycles. The summed E-state index contributed by atoms with van der Waals surface area (Å²) in [4.78, 5) is 12.6. The zero-order valence-electron chi connectivity index (χ0n) is 8.86. The van der Waals surface area contributed by atoms with Crippen LogP contribution >= 0.6 is 11.3 Å². The predicted octanol–water partition coefficient (Wildman–Crippen LogP) is 1.65. The Morgan fingerprint density at radius 2 is 2.47 bits per heavy atom. The molecule has 0 aliphatic carbocycles. The first-order valence-corrected chi connectivity index (χ1v) is 5.65. The van der Waals surface area contributed by atoms with Crippen LogP contribution in [-0.4, -0.2) is 23.7 Å². The quantitative estimate of drug-likeness (QED) is 0.765. The molecule has 1 rings (SSSR count). The average molecular weight is 225 g/mol. The SMILES string of the molecule is C/C(=C\c1cccs1)C(=O)N[C@@H](C)CO. The highest BCUT2D eigenvalue weighted by Crippen LogP contribution is 2.13. The highest BCUT2D eigenvalue weighted by atomic mass is 32.1. The molecular formula is C11H15NO2S. The summed E-state index contributed by atoms with van der Waals surface area (Å²) in [5, 5.41) is 13.4. The van der Waals surface area contributed by atoms with Gasteiger partial charge in [-0.3, -0.25) is 4.79 Å². The van der Waals surface area contributed by atoms with E-state index in [-0.39, 0.29) is 18.6 Å². The monoisotopic (exact) mass is 225 g/mol. The van der Waals surface area contributed by atoms with E-state index in [2.05, 4.69) is 5.32 Å². The Balaban J connectivity index is 2.60. The van der Waals surface area contributed by atoms with Crippen molar-refractivity contribution in [1.82, 2.24) is 5.32 Å². The summed E-state index contributed by atoms with van der Waals surface area (Å²) in [6, 6.07) is 3.69. The van der Waals surface area contributed by atoms with Gasteiger partial charge in [0.05, 0.1) is 6.61 Å². The maximum Gasteiger partial charge on any atom is 0.247 e. The van der Waals surface area contributed by atoms with Crippen molar-refractivity contribution >= 4 is 23.3 Å². The van der Waals surface area contributed by atoms with Crippen molar-refractivity contribution in [1.29, 1.82) is 0 Å². The largest absolute Gasteiger partial charge is 0.394 e. The Morgan fingerprint density at radius 3 is 3.00 bits per heavy atom. The van der Waals surface area contributed by atoms with E-state index in [1.807, 2.05) is 23.6 Å². The molecule has 2 N–H and O–H groups in total. The maximum atomic E-state index is 11.6. The molecule has 82 valence electrons. The van der Waals surface area contributed by atoms with E-state index in [9.17, 15) is 4.79 Å². The Kier molecular flexibility index (Phi) is 4.52. The summed E-state index contributed by atoms with van der Waals surface area (Å²) in [7, 11) is 0. The Bertz CT molecular complexity index is 343. The highest BCUT2D eigenvalue weighted by molar-refractivity contribution is 7.10. The van der Waals surface area contributed by atoms with Crippen LogP contribution < -0.4 is 5.32 Å². The van der Waals surface area contributed by atoms with Gasteiger partial charge in [-0.15, -0.1) is 11.3 Å². The van der Waals surface area contributed by atoms with Gasteiger partial charge in [0, 0.05) is 16.5 Å². The van der Waals surface area contributed by atoms with Crippen molar-refractivity contribution in [3.63, 3.8) is 0 Å². The van der Waals surface area contributed by atoms with E-state index in [1.165, 1.54) is 0 Å². The summed E-state index contributed by atoms with van der Waals surface area (Å²) >= 11 is 1.59. The van der Waals surface area contributed by atoms with Crippen molar-refractivity contribution < 1.29 is 9.90 Å². The third-order valence-corrected chi connectivity index (χ3v) is 2.73. The van der Waals surface area contributed by atoms with E-state index >= 15 is 0 Å². The Hall–Kier alpha value is -1.13. The third-order valence-electron chi connectivity index (χ3n) is 1.91. The molecule has 1 heterocycles. The molecular weight excluding hydrogens is 210 g/mol. The van der Waals surface area contributed by atoms with Crippen LogP contribution in [0.2, 0.25) is 0 Å². The second-order valence-corrected chi connectivity index (χ2v) is 4.38. The number of rotatable bonds is 4. The number of carbonyl (C=O) groups excluding carboxylic acids is 1. The zero-order chi connectivity index (χ0) is 11.3. The minimum Gasteiger partial charge on any atom is -0.394 e. The van der Waals surface area contributed by atoms with E-state index in [0.29, 0.717) is 5.57 Å². The first kappa shape index (κ1) is 11.9. The van der Waals surface area contributed by atoms with Gasteiger partial charge >= 0.3 is 0 Å². The molecule has 0 spiro atoms. The predicted molar refractivity (Wildman–Crippen MR) is 62.7 cm³/mol. The van der Waals surface area contributed by atoms with Crippen LogP contribution in [0.15, 0.2) is 23.1 Å². The molecule has 0 bridgehead atoms. The molecule has 0 saturated carbocycles. The number of nitrogens with one attached hydrogen (secondary N) is 1. The normalized spacial score (nSPS) is 13.7. The van der Waals surface area contributed by atoms with E-state index in [1.54, 1.807) is 25.2 Å². The fraction of sp³-hybridized carbons (Fsp3) is 0.364. The fourth-order valence-electron chi connectivity index (χ4n) is 1.04. The minimum absolute atomic E-state index is 0.0436. The lowest BCUT2D eigenvalue weighted by Gasteiger charge is -2.10. The minimum atomic E-state index is -0.204. The second-order valence-electron chi connectivity index (χ2n) is 3.40. The van der Waals surface area contributed by atoms with Gasteiger partial charge in [-0.1, -0.05) is 6.07 Å². The molecule has 1 amide bonds. The van der Waals surface area contributed by atoms with Crippen molar-refractivity contribution in [3.05, 3.63) is 28.0 Å². The number of hydrogen-bond acceptors (Lipinski definition) is 3. The smallest absolute Gasteiger partial charge is 0.247 e. The van der Waals surface area contributed by atoms with Crippen LogP contribution in [0.4, 0.5) is 0 Å². The molecule has 1 aromatic heterocycles. The van der Waals surface area contributed by atoms with E-state index in [4.69, 9.17) is 5.11 Å². The van der Waals surface area contributed by atoms with Crippen molar-refractivity contribution in [2.45, 2.75) is 19.9 Å². The molecule has 1 atom stereocenters. The van der Waals surface area contributed by atoms with Crippen molar-refractivity contribution in [2.24, 2.45) is 0 Å². The molecule has 0 fully saturated rings. The molecule has 0 radical (unpaired) electrons. The van der Waals surface area contributed by atoms with Crippen LogP contribution in [-0.2, 0) is 4.79 Å². The van der Waals surface area contributed by atoms with Crippen LogP contribution in [0.5, 0.6) is 0 Å². The van der Waals surface area contributed by atoms with Crippen LogP contribution in [0.3, 0.4) is 0 Å². The summed E-state index contributed by atoms with van der Waals surface area (Å²) in [5.41, 5.74) is 0.651. The Labute approximate surface area is 93.4 Å². The first-order valence-electron chi connectivity index (χ1n) is 4.77. The molecule has 0 unspecified atom stereocenters. The topological polar surface area (TPSA) is 49.3 Å². The molecule has 0 aromatic carbocycles. The van der Waals surface area contributed by atoms with Crippen LogP contribution in [0.1, 0.15) is 18.7 Å². The molecule has 0 aliphatic rings. The lowest BCUT2D eigenvalue weighted by Crippen LogP contribution is -2.35. The van der Waals surface area contributed by atoms with Crippen molar-refractivity contribution in [3.8, 4) is 0 Å². The van der Waals surface area contributed by atoms with Gasteiger partial charge in [-0.05, 0) is 31.4 Å². The third kappa shape index (κ3) is 3.85.